The summed E-state index contributed by atoms with van der Waals surface area (Å²) in [6, 6.07) is 6.48. The summed E-state index contributed by atoms with van der Waals surface area (Å²) in [4.78, 5) is 18.4. The average molecular weight is 451 g/mol. The van der Waals surface area contributed by atoms with Crippen LogP contribution in [-0.4, -0.2) is 60.8 Å². The molecule has 0 spiro atoms. The monoisotopic (exact) mass is 450 g/mol. The highest BCUT2D eigenvalue weighted by Crippen LogP contribution is 2.38. The van der Waals surface area contributed by atoms with Crippen molar-refractivity contribution < 1.29 is 14.3 Å². The van der Waals surface area contributed by atoms with Crippen LogP contribution in [0.3, 0.4) is 0 Å². The van der Waals surface area contributed by atoms with Crippen molar-refractivity contribution in [2.24, 2.45) is 0 Å². The number of hydrogen-bond acceptors (Lipinski definition) is 6. The molecule has 2 aliphatic heterocycles. The standard InChI is InChI=1S/C24H30N6O3/c1-15(2)30-22(25-14-26-30)29-13-17-8-9-32-20-10-16(6-7-19(20)21(17)27-29)18-11-28(12-18)23(31)33-24(3,4)5/h6-7,10,13-15,18H,8-9,11-12H2,1-5H3. The van der Waals surface area contributed by atoms with Gasteiger partial charge in [0.25, 0.3) is 0 Å². The quantitative estimate of drug-likeness (QED) is 0.600. The van der Waals surface area contributed by atoms with E-state index >= 15 is 0 Å². The summed E-state index contributed by atoms with van der Waals surface area (Å²) in [6.07, 6.45) is 4.10. The Morgan fingerprint density at radius 3 is 2.76 bits per heavy atom. The zero-order valence-electron chi connectivity index (χ0n) is 19.8. The maximum Gasteiger partial charge on any atom is 0.410 e. The Hall–Kier alpha value is -3.36. The van der Waals surface area contributed by atoms with Gasteiger partial charge in [0.2, 0.25) is 5.95 Å². The normalized spacial score (nSPS) is 16.0. The van der Waals surface area contributed by atoms with Gasteiger partial charge >= 0.3 is 6.09 Å². The molecule has 9 heteroatoms. The van der Waals surface area contributed by atoms with Crippen LogP contribution in [0.4, 0.5) is 4.79 Å². The molecule has 1 saturated heterocycles. The molecular formula is C24H30N6O3. The molecule has 0 atom stereocenters. The predicted octanol–water partition coefficient (Wildman–Crippen LogP) is 3.98. The molecule has 0 aliphatic carbocycles. The van der Waals surface area contributed by atoms with Gasteiger partial charge in [-0.05, 0) is 52.3 Å². The lowest BCUT2D eigenvalue weighted by Crippen LogP contribution is -2.50. The number of rotatable bonds is 3. The van der Waals surface area contributed by atoms with Gasteiger partial charge in [-0.15, -0.1) is 0 Å². The number of amides is 1. The van der Waals surface area contributed by atoms with Gasteiger partial charge in [-0.2, -0.15) is 15.2 Å². The van der Waals surface area contributed by atoms with Crippen molar-refractivity contribution in [3.05, 3.63) is 41.9 Å². The first kappa shape index (κ1) is 21.5. The molecule has 174 valence electrons. The van der Waals surface area contributed by atoms with Crippen molar-refractivity contribution in [2.45, 2.75) is 58.6 Å². The molecule has 0 N–H and O–H groups in total. The van der Waals surface area contributed by atoms with E-state index in [1.165, 1.54) is 0 Å². The second-order valence-corrected chi connectivity index (χ2v) is 9.98. The van der Waals surface area contributed by atoms with Gasteiger partial charge in [0.15, 0.2) is 0 Å². The predicted molar refractivity (Wildman–Crippen MR) is 123 cm³/mol. The van der Waals surface area contributed by atoms with Crippen LogP contribution in [0.15, 0.2) is 30.7 Å². The maximum absolute atomic E-state index is 12.3. The van der Waals surface area contributed by atoms with Crippen molar-refractivity contribution in [2.75, 3.05) is 19.7 Å². The molecule has 0 bridgehead atoms. The summed E-state index contributed by atoms with van der Waals surface area (Å²) in [5, 5.41) is 9.19. The van der Waals surface area contributed by atoms with Crippen LogP contribution in [0.1, 0.15) is 57.7 Å². The van der Waals surface area contributed by atoms with E-state index in [9.17, 15) is 4.79 Å². The summed E-state index contributed by atoms with van der Waals surface area (Å²) in [7, 11) is 0. The summed E-state index contributed by atoms with van der Waals surface area (Å²) >= 11 is 0. The van der Waals surface area contributed by atoms with Gasteiger partial charge in [0.05, 0.1) is 18.3 Å². The van der Waals surface area contributed by atoms with Crippen molar-refractivity contribution in [3.63, 3.8) is 0 Å². The minimum absolute atomic E-state index is 0.187. The zero-order valence-corrected chi connectivity index (χ0v) is 19.8. The Kier molecular flexibility index (Phi) is 5.14. The Labute approximate surface area is 193 Å². The number of aromatic nitrogens is 5. The van der Waals surface area contributed by atoms with Crippen molar-refractivity contribution >= 4 is 6.09 Å². The Bertz CT molecular complexity index is 1180. The summed E-state index contributed by atoms with van der Waals surface area (Å²) in [5.41, 5.74) is 3.69. The van der Waals surface area contributed by atoms with E-state index in [2.05, 4.69) is 42.1 Å². The fourth-order valence-electron chi connectivity index (χ4n) is 4.24. The summed E-state index contributed by atoms with van der Waals surface area (Å²) < 4.78 is 15.2. The Morgan fingerprint density at radius 1 is 1.24 bits per heavy atom. The second kappa shape index (κ2) is 7.90. The third kappa shape index (κ3) is 4.07. The van der Waals surface area contributed by atoms with Crippen LogP contribution in [0.5, 0.6) is 5.75 Å². The minimum Gasteiger partial charge on any atom is -0.493 e. The first-order valence-electron chi connectivity index (χ1n) is 11.4. The number of carbonyl (C=O) groups excluding carboxylic acids is 1. The van der Waals surface area contributed by atoms with E-state index in [4.69, 9.17) is 14.6 Å². The van der Waals surface area contributed by atoms with E-state index in [-0.39, 0.29) is 18.1 Å². The number of nitrogens with zero attached hydrogens (tertiary/aromatic N) is 6. The van der Waals surface area contributed by atoms with E-state index in [0.717, 1.165) is 34.6 Å². The SMILES string of the molecule is CC(C)n1ncnc1-n1cc2c(n1)-c1ccc(C3CN(C(=O)OC(C)(C)C)C3)cc1OCC2. The fourth-order valence-corrected chi connectivity index (χ4v) is 4.24. The van der Waals surface area contributed by atoms with Crippen LogP contribution in [0.25, 0.3) is 17.2 Å². The molecule has 33 heavy (non-hydrogen) atoms. The topological polar surface area (TPSA) is 87.3 Å². The molecule has 4 heterocycles. The van der Waals surface area contributed by atoms with E-state index in [1.807, 2.05) is 36.3 Å². The molecule has 1 amide bonds. The minimum atomic E-state index is -0.483. The molecule has 5 rings (SSSR count). The molecule has 9 nitrogen and oxygen atoms in total. The first-order valence-corrected chi connectivity index (χ1v) is 11.4. The summed E-state index contributed by atoms with van der Waals surface area (Å²) in [5.74, 6) is 1.81. The molecule has 0 radical (unpaired) electrons. The van der Waals surface area contributed by atoms with Crippen LogP contribution >= 0.6 is 0 Å². The van der Waals surface area contributed by atoms with Crippen LogP contribution in [0.2, 0.25) is 0 Å². The molecule has 1 aromatic carbocycles. The number of likely N-dealkylation sites (tertiary alicyclic amines) is 1. The molecule has 1 fully saturated rings. The van der Waals surface area contributed by atoms with Crippen LogP contribution < -0.4 is 4.74 Å². The van der Waals surface area contributed by atoms with E-state index in [1.54, 1.807) is 11.2 Å². The molecule has 2 aliphatic rings. The lowest BCUT2D eigenvalue weighted by Gasteiger charge is -2.40. The molecule has 0 saturated carbocycles. The average Bonchev–Trinajstić information content (AvgIpc) is 3.30. The van der Waals surface area contributed by atoms with E-state index < -0.39 is 5.60 Å². The van der Waals surface area contributed by atoms with Crippen LogP contribution in [-0.2, 0) is 11.2 Å². The Morgan fingerprint density at radius 2 is 2.03 bits per heavy atom. The summed E-state index contributed by atoms with van der Waals surface area (Å²) in [6.45, 7) is 11.7. The number of carbonyl (C=O) groups is 1. The van der Waals surface area contributed by atoms with Crippen LogP contribution in [0, 0.1) is 0 Å². The largest absolute Gasteiger partial charge is 0.493 e. The van der Waals surface area contributed by atoms with Gasteiger partial charge in [-0.1, -0.05) is 6.07 Å². The third-order valence-corrected chi connectivity index (χ3v) is 5.93. The van der Waals surface area contributed by atoms with Gasteiger partial charge in [-0.3, -0.25) is 0 Å². The van der Waals surface area contributed by atoms with Crippen molar-refractivity contribution in [3.8, 4) is 23.0 Å². The maximum atomic E-state index is 12.3. The number of ether oxygens (including phenoxy) is 2. The zero-order chi connectivity index (χ0) is 23.3. The van der Waals surface area contributed by atoms with Gasteiger partial charge in [-0.25, -0.2) is 14.2 Å². The molecule has 2 aromatic heterocycles. The molecule has 0 unspecified atom stereocenters. The number of fused-ring (bicyclic) bond motifs is 3. The van der Waals surface area contributed by atoms with Gasteiger partial charge < -0.3 is 14.4 Å². The second-order valence-electron chi connectivity index (χ2n) is 9.98. The number of hydrogen-bond donors (Lipinski definition) is 0. The van der Waals surface area contributed by atoms with Gasteiger partial charge in [0.1, 0.15) is 17.7 Å². The highest BCUT2D eigenvalue weighted by atomic mass is 16.6. The smallest absolute Gasteiger partial charge is 0.410 e. The van der Waals surface area contributed by atoms with Gasteiger partial charge in [0, 0.05) is 42.8 Å². The highest BCUT2D eigenvalue weighted by Gasteiger charge is 2.35. The fraction of sp³-hybridized carbons (Fsp3) is 0.500. The molecule has 3 aromatic rings. The van der Waals surface area contributed by atoms with E-state index in [0.29, 0.717) is 25.6 Å². The Balaban J connectivity index is 1.37. The number of benzene rings is 1. The lowest BCUT2D eigenvalue weighted by atomic mass is 9.90. The lowest BCUT2D eigenvalue weighted by molar-refractivity contribution is 0.00819. The van der Waals surface area contributed by atoms with Crippen molar-refractivity contribution in [1.29, 1.82) is 0 Å². The van der Waals surface area contributed by atoms with Crippen molar-refractivity contribution in [1.82, 2.24) is 29.4 Å². The molecular weight excluding hydrogens is 420 g/mol. The first-order chi connectivity index (χ1) is 15.7. The highest BCUT2D eigenvalue weighted by molar-refractivity contribution is 5.72. The third-order valence-electron chi connectivity index (χ3n) is 5.93.